The van der Waals surface area contributed by atoms with Gasteiger partial charge in [0.1, 0.15) is 11.3 Å². The lowest BCUT2D eigenvalue weighted by Gasteiger charge is -2.09. The van der Waals surface area contributed by atoms with Crippen molar-refractivity contribution < 1.29 is 17.6 Å². The number of ether oxygens (including phenoxy) is 1. The van der Waals surface area contributed by atoms with Gasteiger partial charge in [-0.3, -0.25) is 4.72 Å². The highest BCUT2D eigenvalue weighted by Gasteiger charge is 2.15. The molecule has 0 aliphatic heterocycles. The van der Waals surface area contributed by atoms with E-state index < -0.39 is 10.0 Å². The van der Waals surface area contributed by atoms with Crippen LogP contribution in [0.3, 0.4) is 0 Å². The van der Waals surface area contributed by atoms with E-state index in [2.05, 4.69) is 9.71 Å². The molecule has 0 aliphatic carbocycles. The summed E-state index contributed by atoms with van der Waals surface area (Å²) in [6.45, 7) is 2.44. The van der Waals surface area contributed by atoms with Gasteiger partial charge in [0.15, 0.2) is 12.0 Å². The molecule has 0 aliphatic rings. The number of rotatable bonds is 5. The van der Waals surface area contributed by atoms with Gasteiger partial charge in [0.25, 0.3) is 10.0 Å². The smallest absolute Gasteiger partial charge is 0.262 e. The van der Waals surface area contributed by atoms with Gasteiger partial charge < -0.3 is 9.15 Å². The van der Waals surface area contributed by atoms with Crippen LogP contribution in [0.5, 0.6) is 5.75 Å². The van der Waals surface area contributed by atoms with Gasteiger partial charge in [-0.1, -0.05) is 0 Å². The minimum Gasteiger partial charge on any atom is -0.494 e. The molecule has 2 aromatic carbocycles. The van der Waals surface area contributed by atoms with Crippen molar-refractivity contribution in [2.75, 3.05) is 11.3 Å². The van der Waals surface area contributed by atoms with Crippen LogP contribution in [-0.4, -0.2) is 20.0 Å². The molecule has 0 saturated carbocycles. The maximum absolute atomic E-state index is 12.4. The molecule has 0 bridgehead atoms. The molecule has 7 heteroatoms. The van der Waals surface area contributed by atoms with E-state index in [0.717, 1.165) is 0 Å². The zero-order valence-electron chi connectivity index (χ0n) is 11.8. The fourth-order valence-electron chi connectivity index (χ4n) is 2.00. The fourth-order valence-corrected chi connectivity index (χ4v) is 3.08. The monoisotopic (exact) mass is 318 g/mol. The Morgan fingerprint density at radius 2 is 1.95 bits per heavy atom. The summed E-state index contributed by atoms with van der Waals surface area (Å²) >= 11 is 0. The molecular formula is C15H14N2O4S. The van der Waals surface area contributed by atoms with Gasteiger partial charge in [-0.2, -0.15) is 0 Å². The van der Waals surface area contributed by atoms with Crippen LogP contribution in [-0.2, 0) is 10.0 Å². The van der Waals surface area contributed by atoms with Crippen LogP contribution in [0.15, 0.2) is 58.2 Å². The van der Waals surface area contributed by atoms with Gasteiger partial charge in [0.2, 0.25) is 0 Å². The van der Waals surface area contributed by atoms with E-state index in [-0.39, 0.29) is 4.90 Å². The molecule has 22 heavy (non-hydrogen) atoms. The molecule has 0 radical (unpaired) electrons. The van der Waals surface area contributed by atoms with Gasteiger partial charge in [-0.15, -0.1) is 0 Å². The summed E-state index contributed by atoms with van der Waals surface area (Å²) in [6.07, 6.45) is 1.28. The van der Waals surface area contributed by atoms with E-state index >= 15 is 0 Å². The topological polar surface area (TPSA) is 81.4 Å². The van der Waals surface area contributed by atoms with E-state index in [1.54, 1.807) is 30.3 Å². The van der Waals surface area contributed by atoms with Gasteiger partial charge in [0, 0.05) is 11.8 Å². The Morgan fingerprint density at radius 3 is 2.68 bits per heavy atom. The second-order valence-corrected chi connectivity index (χ2v) is 6.23. The van der Waals surface area contributed by atoms with Gasteiger partial charge in [-0.05, 0) is 43.3 Å². The second kappa shape index (κ2) is 5.69. The summed E-state index contributed by atoms with van der Waals surface area (Å²) in [6, 6.07) is 11.2. The number of aromatic nitrogens is 1. The molecule has 1 heterocycles. The van der Waals surface area contributed by atoms with E-state index in [9.17, 15) is 8.42 Å². The van der Waals surface area contributed by atoms with Crippen molar-refractivity contribution in [3.8, 4) is 5.75 Å². The van der Waals surface area contributed by atoms with Crippen LogP contribution in [0.2, 0.25) is 0 Å². The Kier molecular flexibility index (Phi) is 3.72. The maximum atomic E-state index is 12.4. The fraction of sp³-hybridized carbons (Fsp3) is 0.133. The Labute approximate surface area is 127 Å². The first-order valence-electron chi connectivity index (χ1n) is 6.67. The molecule has 114 valence electrons. The lowest BCUT2D eigenvalue weighted by Crippen LogP contribution is -2.12. The van der Waals surface area contributed by atoms with Crippen molar-refractivity contribution in [3.63, 3.8) is 0 Å². The highest BCUT2D eigenvalue weighted by Crippen LogP contribution is 2.22. The van der Waals surface area contributed by atoms with Gasteiger partial charge >= 0.3 is 0 Å². The number of nitrogens with zero attached hydrogens (tertiary/aromatic N) is 1. The number of sulfonamides is 1. The molecule has 3 aromatic rings. The summed E-state index contributed by atoms with van der Waals surface area (Å²) in [4.78, 5) is 4.07. The van der Waals surface area contributed by atoms with Crippen LogP contribution in [0.25, 0.3) is 11.1 Å². The second-order valence-electron chi connectivity index (χ2n) is 4.54. The number of anilines is 1. The molecule has 1 aromatic heterocycles. The van der Waals surface area contributed by atoms with Gasteiger partial charge in [-0.25, -0.2) is 13.4 Å². The Bertz CT molecular complexity index is 885. The summed E-state index contributed by atoms with van der Waals surface area (Å²) < 4.78 is 37.7. The van der Waals surface area contributed by atoms with Gasteiger partial charge in [0.05, 0.1) is 11.5 Å². The quantitative estimate of drug-likeness (QED) is 0.782. The van der Waals surface area contributed by atoms with Crippen LogP contribution < -0.4 is 9.46 Å². The first-order valence-corrected chi connectivity index (χ1v) is 8.16. The number of fused-ring (bicyclic) bond motifs is 1. The molecular weight excluding hydrogens is 304 g/mol. The zero-order valence-corrected chi connectivity index (χ0v) is 12.6. The van der Waals surface area contributed by atoms with Crippen molar-refractivity contribution in [2.24, 2.45) is 0 Å². The number of hydrogen-bond acceptors (Lipinski definition) is 5. The van der Waals surface area contributed by atoms with Crippen LogP contribution >= 0.6 is 0 Å². The summed E-state index contributed by atoms with van der Waals surface area (Å²) in [5.41, 5.74) is 1.50. The molecule has 0 spiro atoms. The first-order chi connectivity index (χ1) is 10.6. The number of benzene rings is 2. The third-order valence-corrected chi connectivity index (χ3v) is 4.41. The molecule has 0 atom stereocenters. The minimum absolute atomic E-state index is 0.116. The van der Waals surface area contributed by atoms with E-state index in [1.807, 2.05) is 6.92 Å². The standard InChI is InChI=1S/C15H14N2O4S/c1-2-20-12-5-3-11(4-6-12)17-22(18,19)13-7-8-14-15(9-13)21-10-16-14/h3-10,17H,2H2,1H3. The third-order valence-electron chi connectivity index (χ3n) is 3.03. The summed E-state index contributed by atoms with van der Waals surface area (Å²) in [5.74, 6) is 0.688. The van der Waals surface area contributed by atoms with Crippen LogP contribution in [0, 0.1) is 0 Å². The van der Waals surface area contributed by atoms with Crippen LogP contribution in [0.4, 0.5) is 5.69 Å². The summed E-state index contributed by atoms with van der Waals surface area (Å²) in [7, 11) is -3.69. The first kappa shape index (κ1) is 14.4. The molecule has 0 fully saturated rings. The predicted molar refractivity (Wildman–Crippen MR) is 82.4 cm³/mol. The normalized spacial score (nSPS) is 11.5. The molecule has 3 rings (SSSR count). The molecule has 0 amide bonds. The molecule has 6 nitrogen and oxygen atoms in total. The average molecular weight is 318 g/mol. The van der Waals surface area contributed by atoms with Crippen molar-refractivity contribution >= 4 is 26.8 Å². The average Bonchev–Trinajstić information content (AvgIpc) is 2.97. The van der Waals surface area contributed by atoms with Crippen molar-refractivity contribution in [2.45, 2.75) is 11.8 Å². The van der Waals surface area contributed by atoms with Crippen LogP contribution in [0.1, 0.15) is 6.92 Å². The molecule has 0 saturated heterocycles. The van der Waals surface area contributed by atoms with Crippen molar-refractivity contribution in [1.82, 2.24) is 4.98 Å². The largest absolute Gasteiger partial charge is 0.494 e. The Morgan fingerprint density at radius 1 is 1.18 bits per heavy atom. The lowest BCUT2D eigenvalue weighted by molar-refractivity contribution is 0.340. The minimum atomic E-state index is -3.69. The predicted octanol–water partition coefficient (Wildman–Crippen LogP) is 3.03. The highest BCUT2D eigenvalue weighted by molar-refractivity contribution is 7.92. The Balaban J connectivity index is 1.85. The number of nitrogens with one attached hydrogen (secondary N) is 1. The number of oxazole rings is 1. The third kappa shape index (κ3) is 2.89. The van der Waals surface area contributed by atoms with E-state index in [0.29, 0.717) is 29.1 Å². The maximum Gasteiger partial charge on any atom is 0.262 e. The SMILES string of the molecule is CCOc1ccc(NS(=O)(=O)c2ccc3ncoc3c2)cc1. The Hall–Kier alpha value is -2.54. The molecule has 1 N–H and O–H groups in total. The van der Waals surface area contributed by atoms with Crippen molar-refractivity contribution in [1.29, 1.82) is 0 Å². The zero-order chi connectivity index (χ0) is 15.6. The highest BCUT2D eigenvalue weighted by atomic mass is 32.2. The van der Waals surface area contributed by atoms with E-state index in [4.69, 9.17) is 9.15 Å². The van der Waals surface area contributed by atoms with Crippen molar-refractivity contribution in [3.05, 3.63) is 48.9 Å². The summed E-state index contributed by atoms with van der Waals surface area (Å²) in [5, 5.41) is 0. The molecule has 0 unspecified atom stereocenters. The van der Waals surface area contributed by atoms with E-state index in [1.165, 1.54) is 18.5 Å². The number of hydrogen-bond donors (Lipinski definition) is 1. The lowest BCUT2D eigenvalue weighted by atomic mass is 10.3.